The number of nitrogen functional groups attached to an aromatic ring is 1. The van der Waals surface area contributed by atoms with E-state index in [9.17, 15) is 4.57 Å². The molecule has 0 aliphatic rings. The molecule has 0 radical (unpaired) electrons. The highest BCUT2D eigenvalue weighted by Gasteiger charge is 2.20. The van der Waals surface area contributed by atoms with Crippen LogP contribution in [0.5, 0.6) is 0 Å². The molecule has 0 fully saturated rings. The summed E-state index contributed by atoms with van der Waals surface area (Å²) in [5.74, 6) is 0.646. The van der Waals surface area contributed by atoms with Gasteiger partial charge in [0.25, 0.3) is 5.82 Å². The van der Waals surface area contributed by atoms with Gasteiger partial charge in [-0.05, 0) is 23.3 Å². The number of hydrogen-bond donors (Lipinski definition) is 3. The van der Waals surface area contributed by atoms with Crippen LogP contribution in [0.2, 0.25) is 0 Å². The van der Waals surface area contributed by atoms with Gasteiger partial charge >= 0.3 is 7.82 Å². The molecule has 4 N–H and O–H groups in total. The van der Waals surface area contributed by atoms with Crippen molar-refractivity contribution in [2.24, 2.45) is 0 Å². The highest BCUT2D eigenvalue weighted by Crippen LogP contribution is 2.35. The molecule has 3 heterocycles. The van der Waals surface area contributed by atoms with Crippen molar-refractivity contribution in [1.82, 2.24) is 14.9 Å². The second kappa shape index (κ2) is 9.36. The molecule has 4 rings (SSSR count). The van der Waals surface area contributed by atoms with E-state index in [0.717, 1.165) is 11.1 Å². The van der Waals surface area contributed by atoms with E-state index in [1.54, 1.807) is 29.1 Å². The van der Waals surface area contributed by atoms with Crippen LogP contribution in [-0.4, -0.2) is 24.7 Å². The summed E-state index contributed by atoms with van der Waals surface area (Å²) in [6, 6.07) is 15.2. The largest absolute Gasteiger partial charge is 0.472 e. The number of nitriles is 1. The molecule has 12 heteroatoms. The topological polar surface area (TPSA) is 164 Å². The fraction of sp³-hybridized carbons (Fsp3) is 0.143. The van der Waals surface area contributed by atoms with E-state index in [4.69, 9.17) is 25.3 Å². The number of hydrogen-bond acceptors (Lipinski definition) is 7. The zero-order valence-electron chi connectivity index (χ0n) is 17.3. The lowest BCUT2D eigenvalue weighted by atomic mass is 10.1. The van der Waals surface area contributed by atoms with Gasteiger partial charge in [0.15, 0.2) is 5.76 Å². The standard InChI is InChI=1S/C21H19N6O5P/c22-10-17-11-24-27(13-17)12-16-5-3-15(4-6-16)8-18-9-20(32-25-18)19-2-1-7-26(21(19)23)14-31-33(28,29)30/h1-7,9,11,13,23H,8,12,14H2,(H2,28,29,30)/p+1. The van der Waals surface area contributed by atoms with Crippen molar-refractivity contribution < 1.29 is 28.0 Å². The first kappa shape index (κ1) is 22.4. The van der Waals surface area contributed by atoms with Crippen LogP contribution in [0.4, 0.5) is 5.82 Å². The molecule has 3 aromatic heterocycles. The number of anilines is 1. The minimum absolute atomic E-state index is 0.219. The molecule has 1 aromatic carbocycles. The molecule has 0 saturated carbocycles. The second-order valence-corrected chi connectivity index (χ2v) is 8.48. The first-order valence-electron chi connectivity index (χ1n) is 9.75. The number of nitrogens with two attached hydrogens (primary N) is 1. The van der Waals surface area contributed by atoms with Crippen molar-refractivity contribution in [3.8, 4) is 17.4 Å². The predicted octanol–water partition coefficient (Wildman–Crippen LogP) is 1.99. The van der Waals surface area contributed by atoms with Crippen LogP contribution in [0.3, 0.4) is 0 Å². The maximum Gasteiger partial charge on any atom is 0.472 e. The molecule has 0 unspecified atom stereocenters. The SMILES string of the molecule is N#Cc1cnn(Cc2ccc(Cc3cc(-c4ccc[n+](COP(=O)(O)O)c4N)on3)cc2)c1. The molecule has 11 nitrogen and oxygen atoms in total. The summed E-state index contributed by atoms with van der Waals surface area (Å²) in [7, 11) is -4.63. The van der Waals surface area contributed by atoms with Gasteiger partial charge in [-0.1, -0.05) is 29.4 Å². The average molecular weight is 467 g/mol. The van der Waals surface area contributed by atoms with E-state index < -0.39 is 14.6 Å². The Hall–Kier alpha value is -3.81. The van der Waals surface area contributed by atoms with Crippen LogP contribution < -0.4 is 10.3 Å². The van der Waals surface area contributed by atoms with E-state index >= 15 is 0 Å². The Morgan fingerprint density at radius 1 is 1.24 bits per heavy atom. The van der Waals surface area contributed by atoms with Crippen molar-refractivity contribution in [3.05, 3.63) is 83.4 Å². The van der Waals surface area contributed by atoms with E-state index in [1.807, 2.05) is 24.3 Å². The fourth-order valence-corrected chi connectivity index (χ4v) is 3.49. The van der Waals surface area contributed by atoms with Crippen LogP contribution in [0, 0.1) is 11.3 Å². The number of aromatic nitrogens is 4. The zero-order chi connectivity index (χ0) is 23.4. The Bertz CT molecular complexity index is 1350. The van der Waals surface area contributed by atoms with Crippen LogP contribution in [-0.2, 0) is 28.8 Å². The van der Waals surface area contributed by atoms with Crippen LogP contribution in [0.15, 0.2) is 65.6 Å². The number of phosphoric ester groups is 1. The van der Waals surface area contributed by atoms with E-state index in [1.165, 1.54) is 17.0 Å². The third-order valence-electron chi connectivity index (χ3n) is 4.82. The van der Waals surface area contributed by atoms with Gasteiger partial charge in [-0.15, -0.1) is 0 Å². The Labute approximate surface area is 188 Å². The lowest BCUT2D eigenvalue weighted by Crippen LogP contribution is -2.38. The summed E-state index contributed by atoms with van der Waals surface area (Å²) < 4.78 is 24.0. The molecule has 0 atom stereocenters. The first-order chi connectivity index (χ1) is 15.8. The molecule has 168 valence electrons. The Balaban J connectivity index is 1.44. The summed E-state index contributed by atoms with van der Waals surface area (Å²) in [6.45, 7) is 0.155. The minimum Gasteiger partial charge on any atom is -0.356 e. The van der Waals surface area contributed by atoms with Crippen LogP contribution in [0.25, 0.3) is 11.3 Å². The van der Waals surface area contributed by atoms with E-state index in [2.05, 4.69) is 20.8 Å². The van der Waals surface area contributed by atoms with Gasteiger partial charge in [-0.2, -0.15) is 10.4 Å². The zero-order valence-corrected chi connectivity index (χ0v) is 18.2. The number of phosphoric acid groups is 1. The number of pyridine rings is 1. The highest BCUT2D eigenvalue weighted by atomic mass is 31.2. The number of nitrogens with zero attached hydrogens (tertiary/aromatic N) is 5. The Morgan fingerprint density at radius 3 is 2.70 bits per heavy atom. The Kier molecular flexibility index (Phi) is 6.35. The van der Waals surface area contributed by atoms with Gasteiger partial charge in [-0.3, -0.25) is 10.4 Å². The molecular formula is C21H20N6O5P+. The molecule has 0 aliphatic heterocycles. The summed E-state index contributed by atoms with van der Waals surface area (Å²) >= 11 is 0. The molecule has 33 heavy (non-hydrogen) atoms. The van der Waals surface area contributed by atoms with Gasteiger partial charge in [0.2, 0.25) is 6.73 Å². The maximum atomic E-state index is 10.9. The van der Waals surface area contributed by atoms with Crippen LogP contribution >= 0.6 is 7.82 Å². The fourth-order valence-electron chi connectivity index (χ4n) is 3.21. The predicted molar refractivity (Wildman–Crippen MR) is 115 cm³/mol. The van der Waals surface area contributed by atoms with Crippen molar-refractivity contribution in [2.45, 2.75) is 19.7 Å². The summed E-state index contributed by atoms with van der Waals surface area (Å²) in [5, 5.41) is 17.2. The van der Waals surface area contributed by atoms with Gasteiger partial charge in [0, 0.05) is 18.7 Å². The lowest BCUT2D eigenvalue weighted by Gasteiger charge is -2.07. The third kappa shape index (κ3) is 5.71. The molecule has 0 aliphatic carbocycles. The van der Waals surface area contributed by atoms with Gasteiger partial charge in [0.1, 0.15) is 11.6 Å². The smallest absolute Gasteiger partial charge is 0.356 e. The molecule has 0 spiro atoms. The van der Waals surface area contributed by atoms with Crippen molar-refractivity contribution in [1.29, 1.82) is 5.26 Å². The normalized spacial score (nSPS) is 11.4. The summed E-state index contributed by atoms with van der Waals surface area (Å²) in [4.78, 5) is 17.8. The second-order valence-electron chi connectivity index (χ2n) is 7.24. The maximum absolute atomic E-state index is 10.9. The van der Waals surface area contributed by atoms with Crippen molar-refractivity contribution >= 4 is 13.6 Å². The first-order valence-corrected chi connectivity index (χ1v) is 11.3. The highest BCUT2D eigenvalue weighted by molar-refractivity contribution is 7.46. The van der Waals surface area contributed by atoms with Gasteiger partial charge < -0.3 is 14.3 Å². The molecule has 0 saturated heterocycles. The number of benzene rings is 1. The molecule has 0 amide bonds. The third-order valence-corrected chi connectivity index (χ3v) is 5.27. The van der Waals surface area contributed by atoms with Crippen molar-refractivity contribution in [2.75, 3.05) is 5.73 Å². The quantitative estimate of drug-likeness (QED) is 0.260. The minimum atomic E-state index is -4.63. The van der Waals surface area contributed by atoms with Crippen LogP contribution in [0.1, 0.15) is 22.4 Å². The van der Waals surface area contributed by atoms with Gasteiger partial charge in [-0.25, -0.2) is 13.7 Å². The van der Waals surface area contributed by atoms with E-state index in [0.29, 0.717) is 35.5 Å². The van der Waals surface area contributed by atoms with Crippen molar-refractivity contribution in [3.63, 3.8) is 0 Å². The summed E-state index contributed by atoms with van der Waals surface area (Å²) in [6.07, 6.45) is 5.31. The van der Waals surface area contributed by atoms with Gasteiger partial charge in [0.05, 0.1) is 30.2 Å². The Morgan fingerprint density at radius 2 is 2.00 bits per heavy atom. The monoisotopic (exact) mass is 467 g/mol. The molecule has 4 aromatic rings. The lowest BCUT2D eigenvalue weighted by molar-refractivity contribution is -0.711. The number of rotatable bonds is 8. The molecule has 0 bridgehead atoms. The molecular weight excluding hydrogens is 447 g/mol. The average Bonchev–Trinajstić information content (AvgIpc) is 3.43. The van der Waals surface area contributed by atoms with E-state index in [-0.39, 0.29) is 5.82 Å². The summed E-state index contributed by atoms with van der Waals surface area (Å²) in [5.41, 5.74) is 9.94.